The number of furan rings is 1. The normalized spacial score (nSPS) is 17.8. The number of aliphatic hydroxyl groups excluding tert-OH is 1. The topological polar surface area (TPSA) is 114 Å². The average Bonchev–Trinajstić information content (AvgIpc) is 3.36. The van der Waals surface area contributed by atoms with Gasteiger partial charge in [-0.05, 0) is 42.0 Å². The highest BCUT2D eigenvalue weighted by Gasteiger charge is 2.46. The van der Waals surface area contributed by atoms with Gasteiger partial charge in [0.25, 0.3) is 17.4 Å². The first-order chi connectivity index (χ1) is 14.9. The zero-order valence-corrected chi connectivity index (χ0v) is 16.7. The van der Waals surface area contributed by atoms with Crippen LogP contribution in [-0.4, -0.2) is 26.6 Å². The van der Waals surface area contributed by atoms with E-state index in [4.69, 9.17) is 16.0 Å². The van der Waals surface area contributed by atoms with Crippen LogP contribution in [0.25, 0.3) is 5.76 Å². The summed E-state index contributed by atoms with van der Waals surface area (Å²) in [6.45, 7) is -0.0532. The number of hydrogen-bond donors (Lipinski definition) is 1. The molecule has 0 radical (unpaired) electrons. The largest absolute Gasteiger partial charge is 0.507 e. The van der Waals surface area contributed by atoms with Crippen LogP contribution in [0.5, 0.6) is 0 Å². The fourth-order valence-corrected chi connectivity index (χ4v) is 3.66. The molecule has 9 heteroatoms. The number of carbonyl (C=O) groups is 2. The second kappa shape index (κ2) is 8.08. The van der Waals surface area contributed by atoms with Gasteiger partial charge in [-0.25, -0.2) is 0 Å². The first-order valence-electron chi connectivity index (χ1n) is 9.18. The van der Waals surface area contributed by atoms with Crippen molar-refractivity contribution in [3.8, 4) is 0 Å². The number of nitro groups is 1. The summed E-state index contributed by atoms with van der Waals surface area (Å²) in [6.07, 6.45) is 1.43. The highest BCUT2D eigenvalue weighted by molar-refractivity contribution is 6.46. The summed E-state index contributed by atoms with van der Waals surface area (Å²) >= 11 is 5.90. The highest BCUT2D eigenvalue weighted by Crippen LogP contribution is 2.41. The number of ketones is 1. The molecule has 1 amide bonds. The van der Waals surface area contributed by atoms with Crippen molar-refractivity contribution in [1.29, 1.82) is 0 Å². The third kappa shape index (κ3) is 3.80. The van der Waals surface area contributed by atoms with Gasteiger partial charge in [0.15, 0.2) is 0 Å². The van der Waals surface area contributed by atoms with Crippen molar-refractivity contribution in [2.75, 3.05) is 0 Å². The zero-order valence-electron chi connectivity index (χ0n) is 15.9. The number of likely N-dealkylation sites (tertiary alicyclic amines) is 1. The number of hydrogen-bond acceptors (Lipinski definition) is 6. The van der Waals surface area contributed by atoms with E-state index in [1.807, 2.05) is 0 Å². The molecular formula is C22H15ClN2O6. The first-order valence-corrected chi connectivity index (χ1v) is 9.55. The van der Waals surface area contributed by atoms with Crippen LogP contribution in [0.1, 0.15) is 22.9 Å². The number of nitro benzene ring substituents is 1. The Morgan fingerprint density at radius 2 is 1.87 bits per heavy atom. The number of aliphatic hydroxyl groups is 1. The number of rotatable bonds is 5. The molecule has 0 unspecified atom stereocenters. The molecule has 3 aromatic rings. The lowest BCUT2D eigenvalue weighted by Crippen LogP contribution is -2.29. The molecule has 2 aromatic carbocycles. The maximum atomic E-state index is 12.9. The van der Waals surface area contributed by atoms with E-state index in [-0.39, 0.29) is 23.4 Å². The lowest BCUT2D eigenvalue weighted by atomic mass is 9.95. The number of carbonyl (C=O) groups excluding carboxylic acids is 2. The monoisotopic (exact) mass is 438 g/mol. The Morgan fingerprint density at radius 1 is 1.13 bits per heavy atom. The molecule has 1 saturated heterocycles. The van der Waals surface area contributed by atoms with Crippen LogP contribution in [0.4, 0.5) is 5.69 Å². The molecule has 156 valence electrons. The number of halogens is 1. The maximum absolute atomic E-state index is 12.9. The van der Waals surface area contributed by atoms with Gasteiger partial charge in [0.05, 0.1) is 29.3 Å². The second-order valence-corrected chi connectivity index (χ2v) is 7.30. The van der Waals surface area contributed by atoms with Crippen molar-refractivity contribution >= 4 is 34.7 Å². The van der Waals surface area contributed by atoms with Crippen LogP contribution in [-0.2, 0) is 16.1 Å². The number of amides is 1. The smallest absolute Gasteiger partial charge is 0.296 e. The second-order valence-electron chi connectivity index (χ2n) is 6.87. The molecule has 31 heavy (non-hydrogen) atoms. The standard InChI is InChI=1S/C22H15ClN2O6/c23-15-8-6-13(7-9-15)20(26)18-19(14-3-1-4-16(11-14)25(29)30)24(22(28)21(18)27)12-17-5-2-10-31-17/h1-11,19,26H,12H2/b20-18+/t19-/m0/s1. The number of Topliss-reactive ketones (excluding diaryl/α,β-unsaturated/α-hetero) is 1. The molecule has 2 heterocycles. The summed E-state index contributed by atoms with van der Waals surface area (Å²) in [4.78, 5) is 37.7. The summed E-state index contributed by atoms with van der Waals surface area (Å²) in [5.41, 5.74) is 0.234. The van der Waals surface area contributed by atoms with Crippen molar-refractivity contribution < 1.29 is 24.0 Å². The summed E-state index contributed by atoms with van der Waals surface area (Å²) < 4.78 is 5.31. The summed E-state index contributed by atoms with van der Waals surface area (Å²) in [7, 11) is 0. The first kappa shape index (κ1) is 20.4. The fraction of sp³-hybridized carbons (Fsp3) is 0.0909. The Kier molecular flexibility index (Phi) is 5.31. The quantitative estimate of drug-likeness (QED) is 0.207. The summed E-state index contributed by atoms with van der Waals surface area (Å²) in [5, 5.41) is 22.6. The van der Waals surface area contributed by atoms with Crippen LogP contribution in [0, 0.1) is 10.1 Å². The van der Waals surface area contributed by atoms with Gasteiger partial charge < -0.3 is 14.4 Å². The number of benzene rings is 2. The van der Waals surface area contributed by atoms with Crippen molar-refractivity contribution in [2.24, 2.45) is 0 Å². The van der Waals surface area contributed by atoms with Gasteiger partial charge in [0.1, 0.15) is 11.5 Å². The predicted octanol–water partition coefficient (Wildman–Crippen LogP) is 4.46. The van der Waals surface area contributed by atoms with Gasteiger partial charge in [-0.1, -0.05) is 23.7 Å². The maximum Gasteiger partial charge on any atom is 0.296 e. The third-order valence-electron chi connectivity index (χ3n) is 4.96. The van der Waals surface area contributed by atoms with E-state index < -0.39 is 28.4 Å². The van der Waals surface area contributed by atoms with Crippen molar-refractivity contribution in [3.63, 3.8) is 0 Å². The SMILES string of the molecule is O=C1C(=O)N(Cc2ccco2)[C@@H](c2cccc([N+](=O)[O-])c2)/C1=C(\O)c1ccc(Cl)cc1. The molecule has 1 aliphatic rings. The molecule has 8 nitrogen and oxygen atoms in total. The molecule has 1 N–H and O–H groups in total. The third-order valence-corrected chi connectivity index (χ3v) is 5.21. The van der Waals surface area contributed by atoms with Crippen LogP contribution < -0.4 is 0 Å². The Balaban J connectivity index is 1.89. The lowest BCUT2D eigenvalue weighted by molar-refractivity contribution is -0.384. The Hall–Kier alpha value is -3.91. The van der Waals surface area contributed by atoms with Gasteiger partial charge in [0.2, 0.25) is 0 Å². The van der Waals surface area contributed by atoms with E-state index in [0.717, 1.165) is 0 Å². The molecule has 0 bridgehead atoms. The minimum atomic E-state index is -1.04. The lowest BCUT2D eigenvalue weighted by Gasteiger charge is -2.24. The van der Waals surface area contributed by atoms with Crippen molar-refractivity contribution in [3.05, 3.63) is 105 Å². The van der Waals surface area contributed by atoms with Gasteiger partial charge in [0, 0.05) is 22.7 Å². The average molecular weight is 439 g/mol. The fourth-order valence-electron chi connectivity index (χ4n) is 3.53. The van der Waals surface area contributed by atoms with Gasteiger partial charge in [-0.3, -0.25) is 19.7 Å². The Labute approximate surface area is 181 Å². The number of nitrogens with zero attached hydrogens (tertiary/aromatic N) is 2. The van der Waals surface area contributed by atoms with Crippen LogP contribution in [0.3, 0.4) is 0 Å². The molecule has 4 rings (SSSR count). The minimum absolute atomic E-state index is 0.0532. The predicted molar refractivity (Wildman–Crippen MR) is 111 cm³/mol. The summed E-state index contributed by atoms with van der Waals surface area (Å²) in [6, 6.07) is 14.0. The molecule has 0 aliphatic carbocycles. The number of non-ortho nitro benzene ring substituents is 1. The Morgan fingerprint density at radius 3 is 2.52 bits per heavy atom. The van der Waals surface area contributed by atoms with E-state index in [1.165, 1.54) is 53.6 Å². The molecule has 1 aliphatic heterocycles. The highest BCUT2D eigenvalue weighted by atomic mass is 35.5. The molecule has 1 aromatic heterocycles. The van der Waals surface area contributed by atoms with Crippen LogP contribution >= 0.6 is 11.6 Å². The van der Waals surface area contributed by atoms with E-state index >= 15 is 0 Å². The molecule has 0 spiro atoms. The van der Waals surface area contributed by atoms with E-state index in [0.29, 0.717) is 16.3 Å². The zero-order chi connectivity index (χ0) is 22.1. The molecule has 1 atom stereocenters. The van der Waals surface area contributed by atoms with Crippen molar-refractivity contribution in [1.82, 2.24) is 4.90 Å². The molecule has 0 saturated carbocycles. The Bertz CT molecular complexity index is 1200. The van der Waals surface area contributed by atoms with Gasteiger partial charge >= 0.3 is 0 Å². The van der Waals surface area contributed by atoms with Crippen LogP contribution in [0.2, 0.25) is 5.02 Å². The molecule has 1 fully saturated rings. The van der Waals surface area contributed by atoms with Gasteiger partial charge in [-0.2, -0.15) is 0 Å². The van der Waals surface area contributed by atoms with E-state index in [9.17, 15) is 24.8 Å². The summed E-state index contributed by atoms with van der Waals surface area (Å²) in [5.74, 6) is -1.71. The molecular weight excluding hydrogens is 424 g/mol. The van der Waals surface area contributed by atoms with E-state index in [1.54, 1.807) is 18.2 Å². The minimum Gasteiger partial charge on any atom is -0.507 e. The van der Waals surface area contributed by atoms with Crippen LogP contribution in [0.15, 0.2) is 76.9 Å². The van der Waals surface area contributed by atoms with Crippen molar-refractivity contribution in [2.45, 2.75) is 12.6 Å². The van der Waals surface area contributed by atoms with E-state index in [2.05, 4.69) is 0 Å². The van der Waals surface area contributed by atoms with Gasteiger partial charge in [-0.15, -0.1) is 0 Å².